The molecule has 36 heavy (non-hydrogen) atoms. The fraction of sp³-hybridized carbons (Fsp3) is 0.185. The van der Waals surface area contributed by atoms with Gasteiger partial charge >= 0.3 is 0 Å². The van der Waals surface area contributed by atoms with E-state index in [1.165, 1.54) is 23.7 Å². The summed E-state index contributed by atoms with van der Waals surface area (Å²) in [6.45, 7) is 4.86. The lowest BCUT2D eigenvalue weighted by Gasteiger charge is -2.36. The highest BCUT2D eigenvalue weighted by molar-refractivity contribution is 7.15. The van der Waals surface area contributed by atoms with Gasteiger partial charge in [-0.1, -0.05) is 30.3 Å². The van der Waals surface area contributed by atoms with Crippen LogP contribution in [0.25, 0.3) is 11.1 Å². The third-order valence-electron chi connectivity index (χ3n) is 6.01. The number of ketones is 1. The molecular weight excluding hydrogens is 477 g/mol. The van der Waals surface area contributed by atoms with E-state index in [-0.39, 0.29) is 0 Å². The Balaban J connectivity index is 1.21. The van der Waals surface area contributed by atoms with Gasteiger partial charge in [0.25, 0.3) is 11.7 Å². The van der Waals surface area contributed by atoms with Crippen LogP contribution in [0.15, 0.2) is 73.1 Å². The summed E-state index contributed by atoms with van der Waals surface area (Å²) in [5.41, 5.74) is 3.26. The standard InChI is InChI=1S/C27H24FN5O2S/c1-18-15-23(19-5-3-2-4-6-19)25(36-18)24(34)26(35)31-21-7-9-22(10-8-21)32-11-13-33(14-12-32)27-29-16-20(28)17-30-27/h2-10,15-17H,11-14H2,1H3,(H,31,35). The number of aryl methyl sites for hydroxylation is 1. The van der Waals surface area contributed by atoms with E-state index in [0.29, 0.717) is 29.6 Å². The fourth-order valence-corrected chi connectivity index (χ4v) is 5.17. The molecule has 0 bridgehead atoms. The van der Waals surface area contributed by atoms with Crippen LogP contribution < -0.4 is 15.1 Å². The molecule has 1 aliphatic heterocycles. The number of piperazine rings is 1. The molecule has 0 aliphatic carbocycles. The molecule has 4 aromatic rings. The van der Waals surface area contributed by atoms with Crippen LogP contribution in [0.1, 0.15) is 14.5 Å². The van der Waals surface area contributed by atoms with E-state index < -0.39 is 17.5 Å². The van der Waals surface area contributed by atoms with Gasteiger partial charge in [-0.25, -0.2) is 14.4 Å². The first-order valence-electron chi connectivity index (χ1n) is 11.6. The van der Waals surface area contributed by atoms with Gasteiger partial charge in [0.05, 0.1) is 17.3 Å². The minimum Gasteiger partial charge on any atom is -0.368 e. The van der Waals surface area contributed by atoms with Crippen molar-refractivity contribution >= 4 is 40.4 Å². The summed E-state index contributed by atoms with van der Waals surface area (Å²) in [5, 5.41) is 2.74. The topological polar surface area (TPSA) is 78.4 Å². The predicted molar refractivity (Wildman–Crippen MR) is 140 cm³/mol. The highest BCUT2D eigenvalue weighted by Crippen LogP contribution is 2.32. The Hall–Kier alpha value is -4.11. The van der Waals surface area contributed by atoms with Crippen molar-refractivity contribution < 1.29 is 14.0 Å². The Morgan fingerprint density at radius 2 is 1.56 bits per heavy atom. The molecule has 3 heterocycles. The van der Waals surface area contributed by atoms with Crippen LogP contribution in [0.2, 0.25) is 0 Å². The van der Waals surface area contributed by atoms with Gasteiger partial charge in [-0.15, -0.1) is 11.3 Å². The minimum absolute atomic E-state index is 0.441. The second-order valence-corrected chi connectivity index (χ2v) is 9.73. The summed E-state index contributed by atoms with van der Waals surface area (Å²) in [6.07, 6.45) is 2.35. The number of benzene rings is 2. The number of hydrogen-bond donors (Lipinski definition) is 1. The molecule has 0 atom stereocenters. The van der Waals surface area contributed by atoms with Gasteiger partial charge in [-0.2, -0.15) is 0 Å². The van der Waals surface area contributed by atoms with E-state index >= 15 is 0 Å². The summed E-state index contributed by atoms with van der Waals surface area (Å²) < 4.78 is 13.1. The molecule has 0 unspecified atom stereocenters. The monoisotopic (exact) mass is 501 g/mol. The number of nitrogens with zero attached hydrogens (tertiary/aromatic N) is 4. The molecule has 1 amide bonds. The fourth-order valence-electron chi connectivity index (χ4n) is 4.20. The molecule has 1 N–H and O–H groups in total. The second kappa shape index (κ2) is 10.2. The number of amides is 1. The van der Waals surface area contributed by atoms with Crippen molar-refractivity contribution in [3.8, 4) is 11.1 Å². The third kappa shape index (κ3) is 5.11. The Bertz CT molecular complexity index is 1370. The minimum atomic E-state index is -0.658. The van der Waals surface area contributed by atoms with Crippen LogP contribution in [-0.4, -0.2) is 47.8 Å². The van der Waals surface area contributed by atoms with Gasteiger partial charge in [0, 0.05) is 48.0 Å². The first-order chi connectivity index (χ1) is 17.5. The maximum absolute atomic E-state index is 13.1. The number of carbonyl (C=O) groups is 2. The molecule has 0 saturated carbocycles. The number of rotatable bonds is 6. The van der Waals surface area contributed by atoms with Gasteiger partial charge in [-0.05, 0) is 42.8 Å². The number of carbonyl (C=O) groups excluding carboxylic acids is 2. The van der Waals surface area contributed by atoms with Gasteiger partial charge in [0.15, 0.2) is 5.82 Å². The average molecular weight is 502 g/mol. The SMILES string of the molecule is Cc1cc(-c2ccccc2)c(C(=O)C(=O)Nc2ccc(N3CCN(c4ncc(F)cn4)CC3)cc2)s1. The first-order valence-corrected chi connectivity index (χ1v) is 12.4. The maximum atomic E-state index is 13.1. The Labute approximate surface area is 212 Å². The largest absolute Gasteiger partial charge is 0.368 e. The highest BCUT2D eigenvalue weighted by Gasteiger charge is 2.24. The van der Waals surface area contributed by atoms with Crippen molar-refractivity contribution in [2.24, 2.45) is 0 Å². The molecule has 7 nitrogen and oxygen atoms in total. The zero-order valence-electron chi connectivity index (χ0n) is 19.6. The molecule has 2 aromatic carbocycles. The van der Waals surface area contributed by atoms with E-state index in [9.17, 15) is 14.0 Å². The number of aromatic nitrogens is 2. The van der Waals surface area contributed by atoms with Crippen molar-refractivity contribution in [2.45, 2.75) is 6.92 Å². The molecule has 2 aromatic heterocycles. The molecule has 5 rings (SSSR count). The predicted octanol–water partition coefficient (Wildman–Crippen LogP) is 4.80. The zero-order valence-corrected chi connectivity index (χ0v) is 20.5. The van der Waals surface area contributed by atoms with E-state index in [4.69, 9.17) is 0 Å². The van der Waals surface area contributed by atoms with Crippen molar-refractivity contribution in [1.82, 2.24) is 9.97 Å². The Morgan fingerprint density at radius 1 is 0.917 bits per heavy atom. The smallest absolute Gasteiger partial charge is 0.297 e. The molecule has 182 valence electrons. The molecule has 1 fully saturated rings. The van der Waals surface area contributed by atoms with E-state index in [1.54, 1.807) is 12.1 Å². The molecule has 0 spiro atoms. The number of hydrogen-bond acceptors (Lipinski definition) is 7. The third-order valence-corrected chi connectivity index (χ3v) is 7.06. The van der Waals surface area contributed by atoms with Gasteiger partial charge in [-0.3, -0.25) is 9.59 Å². The average Bonchev–Trinajstić information content (AvgIpc) is 3.31. The highest BCUT2D eigenvalue weighted by atomic mass is 32.1. The van der Waals surface area contributed by atoms with Crippen LogP contribution in [-0.2, 0) is 4.79 Å². The van der Waals surface area contributed by atoms with Gasteiger partial charge < -0.3 is 15.1 Å². The molecule has 9 heteroatoms. The summed E-state index contributed by atoms with van der Waals surface area (Å²) in [4.78, 5) is 39.5. The van der Waals surface area contributed by atoms with Crippen molar-refractivity contribution in [2.75, 3.05) is 41.3 Å². The van der Waals surface area contributed by atoms with Crippen molar-refractivity contribution in [3.63, 3.8) is 0 Å². The lowest BCUT2D eigenvalue weighted by Crippen LogP contribution is -2.47. The summed E-state index contributed by atoms with van der Waals surface area (Å²) in [5.74, 6) is -1.13. The number of halogens is 1. The zero-order chi connectivity index (χ0) is 25.1. The van der Waals surface area contributed by atoms with Crippen molar-refractivity contribution in [3.05, 3.63) is 88.6 Å². The summed E-state index contributed by atoms with van der Waals surface area (Å²) in [6, 6.07) is 19.0. The lowest BCUT2D eigenvalue weighted by molar-refractivity contribution is -0.112. The van der Waals surface area contributed by atoms with Crippen LogP contribution in [0.4, 0.5) is 21.7 Å². The van der Waals surface area contributed by atoms with Crippen LogP contribution in [0, 0.1) is 12.7 Å². The quantitative estimate of drug-likeness (QED) is 0.302. The molecule has 1 aliphatic rings. The van der Waals surface area contributed by atoms with Crippen LogP contribution in [0.5, 0.6) is 0 Å². The summed E-state index contributed by atoms with van der Waals surface area (Å²) in [7, 11) is 0. The van der Waals surface area contributed by atoms with E-state index in [2.05, 4.69) is 20.2 Å². The van der Waals surface area contributed by atoms with Crippen molar-refractivity contribution in [1.29, 1.82) is 0 Å². The number of nitrogens with one attached hydrogen (secondary N) is 1. The number of anilines is 3. The maximum Gasteiger partial charge on any atom is 0.297 e. The van der Waals surface area contributed by atoms with E-state index in [1.807, 2.05) is 60.4 Å². The second-order valence-electron chi connectivity index (χ2n) is 8.47. The summed E-state index contributed by atoms with van der Waals surface area (Å²) >= 11 is 1.33. The van der Waals surface area contributed by atoms with E-state index in [0.717, 1.165) is 34.8 Å². The van der Waals surface area contributed by atoms with Crippen LogP contribution in [0.3, 0.4) is 0 Å². The molecular formula is C27H24FN5O2S. The van der Waals surface area contributed by atoms with Gasteiger partial charge in [0.2, 0.25) is 5.95 Å². The number of Topliss-reactive ketones (excluding diaryl/α,β-unsaturated/α-hetero) is 1. The Kier molecular flexibility index (Phi) is 6.73. The van der Waals surface area contributed by atoms with Crippen LogP contribution >= 0.6 is 11.3 Å². The number of thiophene rings is 1. The molecule has 0 radical (unpaired) electrons. The first kappa shape index (κ1) is 23.6. The normalized spacial score (nSPS) is 13.5. The van der Waals surface area contributed by atoms with Gasteiger partial charge in [0.1, 0.15) is 0 Å². The lowest BCUT2D eigenvalue weighted by atomic mass is 10.0. The Morgan fingerprint density at radius 3 is 2.22 bits per heavy atom. The molecule has 1 saturated heterocycles.